The smallest absolute Gasteiger partial charge is 0.259 e. The molecule has 0 radical (unpaired) electrons. The molecule has 0 saturated heterocycles. The van der Waals surface area contributed by atoms with E-state index in [4.69, 9.17) is 15.6 Å². The molecule has 4 rings (SSSR count). The molecule has 0 fully saturated rings. The monoisotopic (exact) mass is 436 g/mol. The van der Waals surface area contributed by atoms with Gasteiger partial charge in [0.2, 0.25) is 0 Å². The highest BCUT2D eigenvalue weighted by Gasteiger charge is 2.19. The second-order valence-electron chi connectivity index (χ2n) is 7.02. The number of aromatic amines is 1. The van der Waals surface area contributed by atoms with Crippen LogP contribution in [0.1, 0.15) is 27.2 Å². The Morgan fingerprint density at radius 3 is 2.45 bits per heavy atom. The van der Waals surface area contributed by atoms with Crippen LogP contribution >= 0.6 is 0 Å². The quantitative estimate of drug-likeness (QED) is 0.331. The van der Waals surface area contributed by atoms with E-state index in [9.17, 15) is 9.90 Å². The van der Waals surface area contributed by atoms with E-state index in [0.29, 0.717) is 22.0 Å². The Balaban J connectivity index is 1.74. The van der Waals surface area contributed by atoms with Gasteiger partial charge in [0.25, 0.3) is 5.91 Å². The molecule has 9 nitrogen and oxygen atoms in total. The van der Waals surface area contributed by atoms with Crippen molar-refractivity contribution in [2.75, 3.05) is 5.32 Å². The van der Waals surface area contributed by atoms with Crippen LogP contribution in [0, 0.1) is 22.7 Å². The SMILES string of the molecule is N#Cc1cc(/N=N/c2c(O)c(C(=O)Nc3ccc(CO)cc3)cc3ccccc23)[nH]c1C#N. The maximum absolute atomic E-state index is 12.9. The number of aliphatic hydroxyl groups excluding tert-OH is 1. The minimum Gasteiger partial charge on any atom is -0.505 e. The number of fused-ring (bicyclic) bond motifs is 1. The van der Waals surface area contributed by atoms with Crippen molar-refractivity contribution in [3.05, 3.63) is 83.0 Å². The molecule has 1 aromatic heterocycles. The first-order chi connectivity index (χ1) is 16.0. The van der Waals surface area contributed by atoms with Crippen LogP contribution < -0.4 is 5.32 Å². The predicted octanol–water partition coefficient (Wildman–Crippen LogP) is 4.78. The molecular weight excluding hydrogens is 420 g/mol. The van der Waals surface area contributed by atoms with Crippen LogP contribution in [-0.4, -0.2) is 21.1 Å². The molecule has 0 aliphatic carbocycles. The first-order valence-corrected chi connectivity index (χ1v) is 9.75. The number of rotatable bonds is 5. The highest BCUT2D eigenvalue weighted by atomic mass is 16.3. The fourth-order valence-electron chi connectivity index (χ4n) is 3.26. The van der Waals surface area contributed by atoms with E-state index in [1.807, 2.05) is 12.1 Å². The Kier molecular flexibility index (Phi) is 5.81. The van der Waals surface area contributed by atoms with Crippen LogP contribution in [0.4, 0.5) is 17.2 Å². The van der Waals surface area contributed by atoms with Gasteiger partial charge in [-0.1, -0.05) is 36.4 Å². The summed E-state index contributed by atoms with van der Waals surface area (Å²) in [7, 11) is 0. The largest absolute Gasteiger partial charge is 0.505 e. The third-order valence-corrected chi connectivity index (χ3v) is 4.93. The van der Waals surface area contributed by atoms with Gasteiger partial charge in [0, 0.05) is 17.1 Å². The average molecular weight is 436 g/mol. The summed E-state index contributed by atoms with van der Waals surface area (Å²) in [6.07, 6.45) is 0. The number of hydrogen-bond acceptors (Lipinski definition) is 7. The van der Waals surface area contributed by atoms with E-state index in [0.717, 1.165) is 0 Å². The number of carbonyl (C=O) groups is 1. The van der Waals surface area contributed by atoms with E-state index in [1.165, 1.54) is 6.07 Å². The molecular formula is C24H16N6O3. The van der Waals surface area contributed by atoms with Gasteiger partial charge in [-0.25, -0.2) is 0 Å². The van der Waals surface area contributed by atoms with E-state index >= 15 is 0 Å². The number of aromatic nitrogens is 1. The van der Waals surface area contributed by atoms with Gasteiger partial charge in [0.1, 0.15) is 23.5 Å². The molecule has 0 spiro atoms. The average Bonchev–Trinajstić information content (AvgIpc) is 3.26. The summed E-state index contributed by atoms with van der Waals surface area (Å²) in [6.45, 7) is -0.111. The third kappa shape index (κ3) is 4.26. The van der Waals surface area contributed by atoms with Crippen molar-refractivity contribution < 1.29 is 15.0 Å². The molecule has 0 aliphatic heterocycles. The van der Waals surface area contributed by atoms with Gasteiger partial charge in [0.15, 0.2) is 11.6 Å². The molecule has 4 N–H and O–H groups in total. The molecule has 0 saturated carbocycles. The number of phenolic OH excluding ortho intramolecular Hbond substituents is 1. The van der Waals surface area contributed by atoms with Gasteiger partial charge in [-0.2, -0.15) is 10.5 Å². The van der Waals surface area contributed by atoms with E-state index in [2.05, 4.69) is 20.5 Å². The molecule has 1 heterocycles. The van der Waals surface area contributed by atoms with Crippen molar-refractivity contribution in [3.8, 4) is 17.9 Å². The van der Waals surface area contributed by atoms with Crippen molar-refractivity contribution in [2.24, 2.45) is 10.2 Å². The summed E-state index contributed by atoms with van der Waals surface area (Å²) in [5, 5.41) is 50.3. The van der Waals surface area contributed by atoms with Crippen LogP contribution in [-0.2, 0) is 6.61 Å². The van der Waals surface area contributed by atoms with E-state index < -0.39 is 5.91 Å². The molecule has 33 heavy (non-hydrogen) atoms. The van der Waals surface area contributed by atoms with Gasteiger partial charge in [-0.3, -0.25) is 4.79 Å². The minimum absolute atomic E-state index is 0.00389. The summed E-state index contributed by atoms with van der Waals surface area (Å²) in [5.74, 6) is -0.759. The summed E-state index contributed by atoms with van der Waals surface area (Å²) >= 11 is 0. The van der Waals surface area contributed by atoms with Gasteiger partial charge in [0.05, 0.1) is 17.7 Å². The van der Waals surface area contributed by atoms with Crippen LogP contribution in [0.3, 0.4) is 0 Å². The zero-order valence-electron chi connectivity index (χ0n) is 17.1. The number of azo groups is 1. The number of carbonyl (C=O) groups excluding carboxylic acids is 1. The van der Waals surface area contributed by atoms with Crippen LogP contribution in [0.5, 0.6) is 5.75 Å². The standard InChI is InChI=1S/C24H16N6O3/c25-11-16-10-21(28-20(16)12-26)29-30-22-18-4-2-1-3-15(18)9-19(23(22)32)24(33)27-17-7-5-14(13-31)6-8-17/h1-10,28,31-32H,13H2,(H,27,33)/b30-29+. The second kappa shape index (κ2) is 9.02. The number of phenols is 1. The number of benzene rings is 3. The Morgan fingerprint density at radius 2 is 1.79 bits per heavy atom. The number of nitriles is 2. The second-order valence-corrected chi connectivity index (χ2v) is 7.02. The normalized spacial score (nSPS) is 10.8. The molecule has 3 aromatic carbocycles. The fraction of sp³-hybridized carbons (Fsp3) is 0.0417. The highest BCUT2D eigenvalue weighted by Crippen LogP contribution is 2.39. The van der Waals surface area contributed by atoms with Crippen molar-refractivity contribution in [2.45, 2.75) is 6.61 Å². The predicted molar refractivity (Wildman–Crippen MR) is 120 cm³/mol. The van der Waals surface area contributed by atoms with Crippen molar-refractivity contribution >= 4 is 33.9 Å². The number of hydrogen-bond donors (Lipinski definition) is 4. The van der Waals surface area contributed by atoms with Gasteiger partial charge < -0.3 is 20.5 Å². The van der Waals surface area contributed by atoms with Gasteiger partial charge in [-0.05, 0) is 29.1 Å². The van der Waals surface area contributed by atoms with Crippen molar-refractivity contribution in [3.63, 3.8) is 0 Å². The molecule has 4 aromatic rings. The number of nitrogens with zero attached hydrogens (tertiary/aromatic N) is 4. The summed E-state index contributed by atoms with van der Waals surface area (Å²) in [6, 6.07) is 20.4. The van der Waals surface area contributed by atoms with E-state index in [1.54, 1.807) is 54.6 Å². The fourth-order valence-corrected chi connectivity index (χ4v) is 3.26. The zero-order chi connectivity index (χ0) is 23.4. The van der Waals surface area contributed by atoms with E-state index in [-0.39, 0.29) is 40.7 Å². The first-order valence-electron chi connectivity index (χ1n) is 9.75. The number of anilines is 1. The Morgan fingerprint density at radius 1 is 1.03 bits per heavy atom. The molecule has 160 valence electrons. The molecule has 1 amide bonds. The lowest BCUT2D eigenvalue weighted by Crippen LogP contribution is -2.12. The van der Waals surface area contributed by atoms with Crippen LogP contribution in [0.15, 0.2) is 70.9 Å². The highest BCUT2D eigenvalue weighted by molar-refractivity contribution is 6.11. The number of amides is 1. The maximum Gasteiger partial charge on any atom is 0.259 e. The summed E-state index contributed by atoms with van der Waals surface area (Å²) in [4.78, 5) is 15.6. The Hall–Kier alpha value is -4.99. The minimum atomic E-state index is -0.551. The van der Waals surface area contributed by atoms with Crippen LogP contribution in [0.2, 0.25) is 0 Å². The maximum atomic E-state index is 12.9. The third-order valence-electron chi connectivity index (χ3n) is 4.93. The van der Waals surface area contributed by atoms with Crippen molar-refractivity contribution in [1.82, 2.24) is 4.98 Å². The summed E-state index contributed by atoms with van der Waals surface area (Å²) in [5.41, 5.74) is 1.44. The number of aromatic hydroxyl groups is 1. The lowest BCUT2D eigenvalue weighted by Gasteiger charge is -2.11. The lowest BCUT2D eigenvalue weighted by atomic mass is 10.0. The van der Waals surface area contributed by atoms with Crippen molar-refractivity contribution in [1.29, 1.82) is 10.5 Å². The molecule has 0 atom stereocenters. The molecule has 9 heteroatoms. The topological polar surface area (TPSA) is 158 Å². The number of nitrogens with one attached hydrogen (secondary N) is 2. The zero-order valence-corrected chi connectivity index (χ0v) is 17.1. The molecule has 0 unspecified atom stereocenters. The lowest BCUT2D eigenvalue weighted by molar-refractivity contribution is 0.102. The Labute approximate surface area is 187 Å². The molecule has 0 bridgehead atoms. The Bertz CT molecular complexity index is 1440. The number of aliphatic hydroxyl groups is 1. The molecule has 0 aliphatic rings. The van der Waals surface area contributed by atoms with Gasteiger partial charge >= 0.3 is 0 Å². The summed E-state index contributed by atoms with van der Waals surface area (Å²) < 4.78 is 0. The van der Waals surface area contributed by atoms with Gasteiger partial charge in [-0.15, -0.1) is 10.2 Å². The first kappa shape index (κ1) is 21.2. The number of H-pyrrole nitrogens is 1. The van der Waals surface area contributed by atoms with Crippen LogP contribution in [0.25, 0.3) is 10.8 Å².